The van der Waals surface area contributed by atoms with Crippen molar-refractivity contribution in [2.75, 3.05) is 0 Å². The number of pyridine rings is 2. The normalized spacial score (nSPS) is 11.1. The number of hydrogen-bond acceptors (Lipinski definition) is 4. The monoisotopic (exact) mass is 450 g/mol. The Bertz CT molecular complexity index is 1530. The largest absolute Gasteiger partial charge is 0.471 e. The van der Waals surface area contributed by atoms with Crippen LogP contribution in [0.5, 0.6) is 5.88 Å². The third-order valence-electron chi connectivity index (χ3n) is 5.95. The minimum Gasteiger partial charge on any atom is -0.471 e. The molecular weight excluding hydrogens is 424 g/mol. The zero-order chi connectivity index (χ0) is 23.7. The molecule has 0 aliphatic rings. The standard InChI is InChI=1S/C28H26N4O2/c1-4-32-16-23(13-14-26(32)33)24-17-31(3)30-28(24)34-18-20-9-11-21(12-10-20)27-19(2)15-22-7-5-6-8-25(22)29-27/h5-17H,4,18H2,1-3H3. The number of aromatic nitrogens is 4. The lowest BCUT2D eigenvalue weighted by atomic mass is 10.0. The van der Waals surface area contributed by atoms with Gasteiger partial charge >= 0.3 is 0 Å². The Balaban J connectivity index is 1.36. The molecule has 0 atom stereocenters. The number of benzene rings is 2. The second kappa shape index (κ2) is 8.98. The summed E-state index contributed by atoms with van der Waals surface area (Å²) in [5.74, 6) is 0.542. The molecule has 0 unspecified atom stereocenters. The molecule has 0 N–H and O–H groups in total. The number of aryl methyl sites for hydroxylation is 3. The van der Waals surface area contributed by atoms with Gasteiger partial charge in [-0.1, -0.05) is 42.5 Å². The molecule has 0 saturated carbocycles. The smallest absolute Gasteiger partial charge is 0.250 e. The summed E-state index contributed by atoms with van der Waals surface area (Å²) in [4.78, 5) is 16.8. The van der Waals surface area contributed by atoms with Crippen LogP contribution in [0.1, 0.15) is 18.1 Å². The second-order valence-electron chi connectivity index (χ2n) is 8.40. The second-order valence-corrected chi connectivity index (χ2v) is 8.40. The highest BCUT2D eigenvalue weighted by molar-refractivity contribution is 5.83. The number of para-hydroxylation sites is 1. The molecule has 0 amide bonds. The average Bonchev–Trinajstić information content (AvgIpc) is 3.23. The van der Waals surface area contributed by atoms with Crippen molar-refractivity contribution < 1.29 is 4.74 Å². The lowest BCUT2D eigenvalue weighted by Crippen LogP contribution is -2.16. The van der Waals surface area contributed by atoms with E-state index in [0.29, 0.717) is 19.0 Å². The first-order valence-corrected chi connectivity index (χ1v) is 11.3. The molecule has 2 aromatic carbocycles. The van der Waals surface area contributed by atoms with Crippen molar-refractivity contribution in [3.8, 4) is 28.3 Å². The number of ether oxygens (including phenoxy) is 1. The van der Waals surface area contributed by atoms with E-state index in [-0.39, 0.29) is 5.56 Å². The van der Waals surface area contributed by atoms with Gasteiger partial charge in [0.05, 0.1) is 16.8 Å². The van der Waals surface area contributed by atoms with Gasteiger partial charge in [0.25, 0.3) is 5.56 Å². The van der Waals surface area contributed by atoms with Crippen LogP contribution in [0.2, 0.25) is 0 Å². The lowest BCUT2D eigenvalue weighted by molar-refractivity contribution is 0.292. The average molecular weight is 451 g/mol. The third kappa shape index (κ3) is 4.22. The Hall–Kier alpha value is -4.19. The molecule has 0 saturated heterocycles. The van der Waals surface area contributed by atoms with E-state index in [2.05, 4.69) is 48.4 Å². The van der Waals surface area contributed by atoms with Gasteiger partial charge in [0.1, 0.15) is 6.61 Å². The number of rotatable bonds is 6. The van der Waals surface area contributed by atoms with Crippen LogP contribution in [0.3, 0.4) is 0 Å². The molecule has 5 rings (SSSR count). The third-order valence-corrected chi connectivity index (χ3v) is 5.95. The van der Waals surface area contributed by atoms with Crippen LogP contribution in [0.15, 0.2) is 83.9 Å². The maximum atomic E-state index is 12.0. The van der Waals surface area contributed by atoms with Gasteiger partial charge in [-0.05, 0) is 43.2 Å². The van der Waals surface area contributed by atoms with E-state index in [0.717, 1.165) is 44.4 Å². The van der Waals surface area contributed by atoms with Crippen molar-refractivity contribution in [1.82, 2.24) is 19.3 Å². The fourth-order valence-corrected chi connectivity index (χ4v) is 4.13. The SMILES string of the molecule is CCn1cc(-c2cn(C)nc2OCc2ccc(-c3nc4ccccc4cc3C)cc2)ccc1=O. The van der Waals surface area contributed by atoms with Gasteiger partial charge in [-0.3, -0.25) is 9.48 Å². The maximum Gasteiger partial charge on any atom is 0.250 e. The highest BCUT2D eigenvalue weighted by atomic mass is 16.5. The van der Waals surface area contributed by atoms with Crippen molar-refractivity contribution in [1.29, 1.82) is 0 Å². The van der Waals surface area contributed by atoms with Crippen LogP contribution in [0.4, 0.5) is 0 Å². The Labute approximate surface area is 198 Å². The van der Waals surface area contributed by atoms with Crippen molar-refractivity contribution in [3.63, 3.8) is 0 Å². The van der Waals surface area contributed by atoms with Gasteiger partial charge < -0.3 is 9.30 Å². The molecule has 0 radical (unpaired) electrons. The quantitative estimate of drug-likeness (QED) is 0.349. The molecular formula is C28H26N4O2. The van der Waals surface area contributed by atoms with Crippen LogP contribution in [0, 0.1) is 6.92 Å². The van der Waals surface area contributed by atoms with E-state index in [9.17, 15) is 4.79 Å². The van der Waals surface area contributed by atoms with Crippen molar-refractivity contribution in [3.05, 3.63) is 101 Å². The first kappa shape index (κ1) is 21.6. The van der Waals surface area contributed by atoms with Gasteiger partial charge in [0.15, 0.2) is 0 Å². The minimum absolute atomic E-state index is 0.0196. The van der Waals surface area contributed by atoms with Crippen LogP contribution in [-0.4, -0.2) is 19.3 Å². The number of fused-ring (bicyclic) bond motifs is 1. The van der Waals surface area contributed by atoms with Crippen molar-refractivity contribution in [2.24, 2.45) is 7.05 Å². The molecule has 6 heteroatoms. The summed E-state index contributed by atoms with van der Waals surface area (Å²) in [5, 5.41) is 5.63. The van der Waals surface area contributed by atoms with Gasteiger partial charge in [-0.25, -0.2) is 4.98 Å². The Morgan fingerprint density at radius 2 is 1.71 bits per heavy atom. The fourth-order valence-electron chi connectivity index (χ4n) is 4.13. The Kier molecular flexibility index (Phi) is 5.72. The molecule has 0 fully saturated rings. The molecule has 5 aromatic rings. The molecule has 6 nitrogen and oxygen atoms in total. The topological polar surface area (TPSA) is 61.9 Å². The molecule has 3 heterocycles. The van der Waals surface area contributed by atoms with Crippen molar-refractivity contribution in [2.45, 2.75) is 27.0 Å². The zero-order valence-electron chi connectivity index (χ0n) is 19.5. The molecule has 0 aliphatic carbocycles. The summed E-state index contributed by atoms with van der Waals surface area (Å²) < 4.78 is 9.49. The van der Waals surface area contributed by atoms with Gasteiger partial charge in [-0.2, -0.15) is 0 Å². The fraction of sp³-hybridized carbons (Fsp3) is 0.179. The molecule has 0 aliphatic heterocycles. The highest BCUT2D eigenvalue weighted by Gasteiger charge is 2.13. The highest BCUT2D eigenvalue weighted by Crippen LogP contribution is 2.29. The minimum atomic E-state index is -0.0196. The maximum absolute atomic E-state index is 12.0. The van der Waals surface area contributed by atoms with Gasteiger partial charge in [0, 0.05) is 48.6 Å². The lowest BCUT2D eigenvalue weighted by Gasteiger charge is -2.10. The van der Waals surface area contributed by atoms with E-state index < -0.39 is 0 Å². The van der Waals surface area contributed by atoms with Crippen molar-refractivity contribution >= 4 is 10.9 Å². The van der Waals surface area contributed by atoms with E-state index in [1.54, 1.807) is 15.3 Å². The van der Waals surface area contributed by atoms with E-state index in [1.807, 2.05) is 50.6 Å². The van der Waals surface area contributed by atoms with Crippen LogP contribution >= 0.6 is 0 Å². The summed E-state index contributed by atoms with van der Waals surface area (Å²) >= 11 is 0. The Morgan fingerprint density at radius 1 is 0.941 bits per heavy atom. The number of hydrogen-bond donors (Lipinski definition) is 0. The summed E-state index contributed by atoms with van der Waals surface area (Å²) in [6.07, 6.45) is 3.76. The first-order valence-electron chi connectivity index (χ1n) is 11.3. The summed E-state index contributed by atoms with van der Waals surface area (Å²) in [6, 6.07) is 22.0. The molecule has 3 aromatic heterocycles. The molecule has 0 bridgehead atoms. The van der Waals surface area contributed by atoms with E-state index >= 15 is 0 Å². The van der Waals surface area contributed by atoms with Gasteiger partial charge in [-0.15, -0.1) is 5.10 Å². The van der Waals surface area contributed by atoms with Crippen LogP contribution in [-0.2, 0) is 20.2 Å². The zero-order valence-corrected chi connectivity index (χ0v) is 19.5. The molecule has 34 heavy (non-hydrogen) atoms. The predicted octanol–water partition coefficient (Wildman–Crippen LogP) is 5.37. The molecule has 170 valence electrons. The number of nitrogens with zero attached hydrogens (tertiary/aromatic N) is 4. The predicted molar refractivity (Wildman–Crippen MR) is 135 cm³/mol. The van der Waals surface area contributed by atoms with Crippen LogP contribution < -0.4 is 10.3 Å². The van der Waals surface area contributed by atoms with E-state index in [1.165, 1.54) is 0 Å². The van der Waals surface area contributed by atoms with Gasteiger partial charge in [0.2, 0.25) is 5.88 Å². The van der Waals surface area contributed by atoms with E-state index in [4.69, 9.17) is 9.72 Å². The van der Waals surface area contributed by atoms with Crippen LogP contribution in [0.25, 0.3) is 33.3 Å². The Morgan fingerprint density at radius 3 is 2.50 bits per heavy atom. The molecule has 0 spiro atoms. The first-order chi connectivity index (χ1) is 16.5. The summed E-state index contributed by atoms with van der Waals surface area (Å²) in [6.45, 7) is 5.04. The summed E-state index contributed by atoms with van der Waals surface area (Å²) in [7, 11) is 1.86. The summed E-state index contributed by atoms with van der Waals surface area (Å²) in [5.41, 5.74) is 6.99.